The lowest BCUT2D eigenvalue weighted by atomic mass is 10.2. The van der Waals surface area contributed by atoms with E-state index >= 15 is 0 Å². The summed E-state index contributed by atoms with van der Waals surface area (Å²) in [6, 6.07) is 5.37. The zero-order chi connectivity index (χ0) is 24.7. The summed E-state index contributed by atoms with van der Waals surface area (Å²) < 4.78 is 58.0. The maximum atomic E-state index is 12.6. The van der Waals surface area contributed by atoms with Crippen LogP contribution in [0.25, 0.3) is 27.9 Å². The number of nitrogens with two attached hydrogens (primary N) is 2. The minimum atomic E-state index is -2.55. The molecule has 0 aliphatic carbocycles. The van der Waals surface area contributed by atoms with Crippen molar-refractivity contribution in [3.63, 3.8) is 0 Å². The van der Waals surface area contributed by atoms with Gasteiger partial charge in [0.25, 0.3) is 12.3 Å². The van der Waals surface area contributed by atoms with Crippen LogP contribution in [0.2, 0.25) is 0 Å². The number of hydrogen-bond donors (Lipinski definition) is 2. The van der Waals surface area contributed by atoms with Gasteiger partial charge in [0.1, 0.15) is 17.6 Å². The third-order valence-electron chi connectivity index (χ3n) is 5.84. The second-order valence-electron chi connectivity index (χ2n) is 8.35. The maximum absolute atomic E-state index is 12.6. The normalized spacial score (nSPS) is 18.2. The van der Waals surface area contributed by atoms with Crippen molar-refractivity contribution in [2.75, 3.05) is 37.8 Å². The highest BCUT2D eigenvalue weighted by Gasteiger charge is 2.42. The lowest BCUT2D eigenvalue weighted by Crippen LogP contribution is -2.48. The van der Waals surface area contributed by atoms with E-state index in [4.69, 9.17) is 16.2 Å². The molecular weight excluding hydrogens is 472 g/mol. The summed E-state index contributed by atoms with van der Waals surface area (Å²) in [6.07, 6.45) is -0.869. The van der Waals surface area contributed by atoms with Gasteiger partial charge < -0.3 is 16.2 Å². The first-order chi connectivity index (χ1) is 16.7. The molecule has 15 heteroatoms. The molecule has 4 N–H and O–H groups in total. The first-order valence-corrected chi connectivity index (χ1v) is 10.8. The fourth-order valence-electron chi connectivity index (χ4n) is 4.04. The van der Waals surface area contributed by atoms with Crippen LogP contribution in [0.1, 0.15) is 6.42 Å². The highest BCUT2D eigenvalue weighted by molar-refractivity contribution is 5.88. The zero-order valence-electron chi connectivity index (χ0n) is 18.4. The maximum Gasteiger partial charge on any atom is 0.261 e. The largest absolute Gasteiger partial charge is 0.382 e. The number of nitrogens with zero attached hydrogens (tertiary/aromatic N) is 8. The van der Waals surface area contributed by atoms with Gasteiger partial charge in [-0.15, -0.1) is 10.2 Å². The first-order valence-electron chi connectivity index (χ1n) is 10.8. The molecule has 4 aromatic heterocycles. The lowest BCUT2D eigenvalue weighted by Gasteiger charge is -2.34. The highest BCUT2D eigenvalue weighted by atomic mass is 19.3. The summed E-state index contributed by atoms with van der Waals surface area (Å²) in [5.74, 6) is -2.20. The molecule has 0 aromatic carbocycles. The molecule has 2 fully saturated rings. The molecule has 0 bridgehead atoms. The second-order valence-corrected chi connectivity index (χ2v) is 8.35. The number of halogens is 4. The molecule has 6 heterocycles. The van der Waals surface area contributed by atoms with E-state index in [1.807, 2.05) is 4.90 Å². The molecule has 2 saturated heterocycles. The van der Waals surface area contributed by atoms with E-state index in [1.54, 1.807) is 24.4 Å². The number of rotatable bonds is 4. The number of hydrogen-bond acceptors (Lipinski definition) is 9. The summed E-state index contributed by atoms with van der Waals surface area (Å²) >= 11 is 0. The quantitative estimate of drug-likeness (QED) is 0.406. The number of likely N-dealkylation sites (tertiary alicyclic amines) is 1. The Morgan fingerprint density at radius 1 is 1.14 bits per heavy atom. The molecule has 0 saturated carbocycles. The Balaban J connectivity index is 0.000000192. The average molecular weight is 494 g/mol. The number of pyridine rings is 1. The van der Waals surface area contributed by atoms with Crippen LogP contribution in [-0.4, -0.2) is 84.2 Å². The van der Waals surface area contributed by atoms with Gasteiger partial charge >= 0.3 is 0 Å². The van der Waals surface area contributed by atoms with Gasteiger partial charge in [-0.3, -0.25) is 4.90 Å². The molecule has 35 heavy (non-hydrogen) atoms. The molecule has 0 amide bonds. The van der Waals surface area contributed by atoms with Gasteiger partial charge in [-0.25, -0.2) is 31.7 Å². The monoisotopic (exact) mass is 494 g/mol. The van der Waals surface area contributed by atoms with E-state index in [0.29, 0.717) is 42.0 Å². The summed E-state index contributed by atoms with van der Waals surface area (Å²) in [7, 11) is 0. The van der Waals surface area contributed by atoms with E-state index in [0.717, 1.165) is 4.68 Å². The van der Waals surface area contributed by atoms with Crippen LogP contribution in [0.15, 0.2) is 24.4 Å². The van der Waals surface area contributed by atoms with Gasteiger partial charge in [-0.05, 0) is 18.2 Å². The summed E-state index contributed by atoms with van der Waals surface area (Å²) in [5.41, 5.74) is 13.9. The van der Waals surface area contributed by atoms with E-state index in [-0.39, 0.29) is 36.4 Å². The smallest absolute Gasteiger partial charge is 0.261 e. The van der Waals surface area contributed by atoms with Gasteiger partial charge in [0.2, 0.25) is 5.95 Å². The van der Waals surface area contributed by atoms with Crippen LogP contribution < -0.4 is 11.5 Å². The molecule has 186 valence electrons. The van der Waals surface area contributed by atoms with Gasteiger partial charge in [-0.2, -0.15) is 4.98 Å². The predicted molar refractivity (Wildman–Crippen MR) is 118 cm³/mol. The molecular formula is C20H22F4N10O. The summed E-state index contributed by atoms with van der Waals surface area (Å²) in [6.45, 7) is 1.15. The molecule has 0 spiro atoms. The Morgan fingerprint density at radius 2 is 1.94 bits per heavy atom. The van der Waals surface area contributed by atoms with Gasteiger partial charge in [0.15, 0.2) is 11.5 Å². The van der Waals surface area contributed by atoms with Crippen molar-refractivity contribution < 1.29 is 22.3 Å². The van der Waals surface area contributed by atoms with E-state index in [9.17, 15) is 17.6 Å². The fourth-order valence-corrected chi connectivity index (χ4v) is 4.04. The third-order valence-corrected chi connectivity index (χ3v) is 5.84. The molecule has 0 unspecified atom stereocenters. The summed E-state index contributed by atoms with van der Waals surface area (Å²) in [5, 5.41) is 11.6. The Kier molecular flexibility index (Phi) is 5.88. The summed E-state index contributed by atoms with van der Waals surface area (Å²) in [4.78, 5) is 10.2. The van der Waals surface area contributed by atoms with Crippen molar-refractivity contribution in [2.24, 2.45) is 0 Å². The molecule has 2 aliphatic rings. The molecule has 2 aliphatic heterocycles. The molecule has 0 atom stereocenters. The minimum Gasteiger partial charge on any atom is -0.382 e. The average Bonchev–Trinajstić information content (AvgIpc) is 3.44. The van der Waals surface area contributed by atoms with Crippen molar-refractivity contribution >= 4 is 28.4 Å². The van der Waals surface area contributed by atoms with Crippen LogP contribution in [-0.2, 0) is 11.3 Å². The van der Waals surface area contributed by atoms with Crippen LogP contribution in [0.5, 0.6) is 0 Å². The van der Waals surface area contributed by atoms with Crippen molar-refractivity contribution in [1.29, 1.82) is 0 Å². The molecule has 0 radical (unpaired) electrons. The van der Waals surface area contributed by atoms with Crippen LogP contribution >= 0.6 is 0 Å². The van der Waals surface area contributed by atoms with E-state index in [1.165, 1.54) is 4.52 Å². The zero-order valence-corrected chi connectivity index (χ0v) is 18.4. The molecule has 6 rings (SSSR count). The minimum absolute atomic E-state index is 0.0174. The first kappa shape index (κ1) is 23.2. The Labute approximate surface area is 195 Å². The predicted octanol–water partition coefficient (Wildman–Crippen LogP) is 1.69. The Bertz CT molecular complexity index is 1350. The Morgan fingerprint density at radius 3 is 2.60 bits per heavy atom. The lowest BCUT2D eigenvalue weighted by molar-refractivity contribution is -0.0707. The Hall–Kier alpha value is -3.59. The van der Waals surface area contributed by atoms with Crippen molar-refractivity contribution in [1.82, 2.24) is 39.5 Å². The van der Waals surface area contributed by atoms with Crippen molar-refractivity contribution in [3.8, 4) is 11.3 Å². The topological polar surface area (TPSA) is 138 Å². The number of aromatic nitrogens is 7. The van der Waals surface area contributed by atoms with E-state index < -0.39 is 18.9 Å². The SMILES string of the molecule is FC1(F)CCN(C2COC2)C1.Nc1nc(N)c2c(-c3ccc4nnn(CC(F)F)c4n3)ccn2n1. The molecule has 11 nitrogen and oxygen atoms in total. The fraction of sp³-hybridized carbons (Fsp3) is 0.450. The van der Waals surface area contributed by atoms with Crippen LogP contribution in [0.4, 0.5) is 29.3 Å². The van der Waals surface area contributed by atoms with Crippen LogP contribution in [0, 0.1) is 0 Å². The van der Waals surface area contributed by atoms with Crippen molar-refractivity contribution in [3.05, 3.63) is 24.4 Å². The number of fused-ring (bicyclic) bond motifs is 2. The van der Waals surface area contributed by atoms with Gasteiger partial charge in [-0.1, -0.05) is 5.21 Å². The highest BCUT2D eigenvalue weighted by Crippen LogP contribution is 2.30. The third kappa shape index (κ3) is 4.68. The van der Waals surface area contributed by atoms with Gasteiger partial charge in [0, 0.05) is 24.7 Å². The standard InChI is InChI=1S/C13H11F2N9.C7H11F2NO/c14-9(15)5-24-12-8(20-22-24)2-1-7(18-12)6-3-4-23-10(6)11(16)19-13(17)21-23;8-7(9)1-2-10(5-7)6-3-11-4-6/h1-4,9H,5H2,(H4,16,17,19,21);6H,1-5H2. The van der Waals surface area contributed by atoms with Crippen molar-refractivity contribution in [2.45, 2.75) is 31.4 Å². The number of anilines is 2. The van der Waals surface area contributed by atoms with E-state index in [2.05, 4.69) is 25.4 Å². The van der Waals surface area contributed by atoms with Gasteiger partial charge in [0.05, 0.1) is 31.5 Å². The number of ether oxygens (including phenoxy) is 1. The van der Waals surface area contributed by atoms with Crippen LogP contribution in [0.3, 0.4) is 0 Å². The molecule has 4 aromatic rings. The number of alkyl halides is 4. The second kappa shape index (κ2) is 8.88. The number of nitrogen functional groups attached to an aromatic ring is 2.